The zero-order chi connectivity index (χ0) is 9.68. The van der Waals surface area contributed by atoms with Crippen LogP contribution in [-0.4, -0.2) is 6.54 Å². The molecule has 13 heavy (non-hydrogen) atoms. The highest BCUT2D eigenvalue weighted by atomic mass is 14.8. The fourth-order valence-electron chi connectivity index (χ4n) is 1.33. The zero-order valence-corrected chi connectivity index (χ0v) is 8.80. The molecule has 0 atom stereocenters. The highest BCUT2D eigenvalue weighted by Crippen LogP contribution is 2.15. The van der Waals surface area contributed by atoms with Gasteiger partial charge in [0.05, 0.1) is 0 Å². The van der Waals surface area contributed by atoms with Crippen molar-refractivity contribution in [3.63, 3.8) is 0 Å². The molecule has 1 N–H and O–H groups in total. The van der Waals surface area contributed by atoms with Crippen molar-refractivity contribution in [2.24, 2.45) is 0 Å². The monoisotopic (exact) mass is 177 g/mol. The first-order chi connectivity index (χ1) is 6.24. The van der Waals surface area contributed by atoms with Gasteiger partial charge in [-0.05, 0) is 23.6 Å². The molecule has 0 saturated carbocycles. The maximum absolute atomic E-state index is 3.33. The molecule has 0 heterocycles. The fourth-order valence-corrected chi connectivity index (χ4v) is 1.33. The number of nitrogens with one attached hydrogen (secondary N) is 1. The number of rotatable bonds is 4. The quantitative estimate of drug-likeness (QED) is 0.745. The molecule has 1 aromatic rings. The zero-order valence-electron chi connectivity index (χ0n) is 8.80. The number of hydrogen-bond donors (Lipinski definition) is 1. The first kappa shape index (κ1) is 10.3. The second-order valence-electron chi connectivity index (χ2n) is 3.68. The van der Waals surface area contributed by atoms with E-state index in [4.69, 9.17) is 0 Å². The van der Waals surface area contributed by atoms with E-state index in [1.165, 1.54) is 11.1 Å². The average Bonchev–Trinajstić information content (AvgIpc) is 2.15. The summed E-state index contributed by atoms with van der Waals surface area (Å²) in [5.41, 5.74) is 2.81. The lowest BCUT2D eigenvalue weighted by molar-refractivity contribution is 0.724. The standard InChI is InChI=1S/C12H19N/c1-4-13-9-11-6-5-7-12(8-11)10(2)3/h5-8,10,13H,4,9H2,1-3H3. The van der Waals surface area contributed by atoms with Gasteiger partial charge in [-0.1, -0.05) is 45.0 Å². The van der Waals surface area contributed by atoms with Crippen LogP contribution in [0.5, 0.6) is 0 Å². The van der Waals surface area contributed by atoms with Crippen LogP contribution in [0.1, 0.15) is 37.8 Å². The smallest absolute Gasteiger partial charge is 0.0205 e. The third-order valence-electron chi connectivity index (χ3n) is 2.20. The Balaban J connectivity index is 2.68. The topological polar surface area (TPSA) is 12.0 Å². The minimum Gasteiger partial charge on any atom is -0.313 e. The molecule has 0 aliphatic rings. The number of benzene rings is 1. The van der Waals surface area contributed by atoms with E-state index >= 15 is 0 Å². The van der Waals surface area contributed by atoms with Gasteiger partial charge in [0.25, 0.3) is 0 Å². The molecule has 0 bridgehead atoms. The molecule has 0 saturated heterocycles. The Kier molecular flexibility index (Phi) is 3.97. The molecule has 0 amide bonds. The van der Waals surface area contributed by atoms with E-state index in [0.29, 0.717) is 5.92 Å². The maximum Gasteiger partial charge on any atom is 0.0205 e. The Hall–Kier alpha value is -0.820. The van der Waals surface area contributed by atoms with E-state index in [9.17, 15) is 0 Å². The van der Waals surface area contributed by atoms with E-state index in [1.807, 2.05) is 0 Å². The molecule has 1 heteroatoms. The predicted molar refractivity (Wildman–Crippen MR) is 57.9 cm³/mol. The van der Waals surface area contributed by atoms with Crippen LogP contribution in [0, 0.1) is 0 Å². The summed E-state index contributed by atoms with van der Waals surface area (Å²) in [6, 6.07) is 8.80. The Labute approximate surface area is 81.2 Å². The summed E-state index contributed by atoms with van der Waals surface area (Å²) in [4.78, 5) is 0. The van der Waals surface area contributed by atoms with Crippen molar-refractivity contribution in [3.8, 4) is 0 Å². The second-order valence-corrected chi connectivity index (χ2v) is 3.68. The Morgan fingerprint density at radius 2 is 2.08 bits per heavy atom. The van der Waals surface area contributed by atoms with Gasteiger partial charge < -0.3 is 5.32 Å². The summed E-state index contributed by atoms with van der Waals surface area (Å²) < 4.78 is 0. The van der Waals surface area contributed by atoms with Crippen molar-refractivity contribution in [2.45, 2.75) is 33.2 Å². The largest absolute Gasteiger partial charge is 0.313 e. The van der Waals surface area contributed by atoms with Gasteiger partial charge in [0.2, 0.25) is 0 Å². The highest BCUT2D eigenvalue weighted by Gasteiger charge is 1.99. The van der Waals surface area contributed by atoms with Crippen molar-refractivity contribution >= 4 is 0 Å². The van der Waals surface area contributed by atoms with Gasteiger partial charge in [0.15, 0.2) is 0 Å². The second kappa shape index (κ2) is 5.03. The van der Waals surface area contributed by atoms with Gasteiger partial charge in [-0.3, -0.25) is 0 Å². The van der Waals surface area contributed by atoms with Crippen LogP contribution >= 0.6 is 0 Å². The van der Waals surface area contributed by atoms with Gasteiger partial charge >= 0.3 is 0 Å². The average molecular weight is 177 g/mol. The van der Waals surface area contributed by atoms with Crippen LogP contribution in [0.15, 0.2) is 24.3 Å². The molecule has 0 unspecified atom stereocenters. The van der Waals surface area contributed by atoms with Crippen molar-refractivity contribution in [2.75, 3.05) is 6.54 Å². The predicted octanol–water partition coefficient (Wildman–Crippen LogP) is 2.92. The fraction of sp³-hybridized carbons (Fsp3) is 0.500. The molecule has 72 valence electrons. The molecule has 0 radical (unpaired) electrons. The molecule has 0 aromatic heterocycles. The summed E-state index contributed by atoms with van der Waals surface area (Å²) in [6.45, 7) is 8.61. The lowest BCUT2D eigenvalue weighted by Gasteiger charge is -2.08. The Morgan fingerprint density at radius 3 is 2.69 bits per heavy atom. The van der Waals surface area contributed by atoms with Crippen molar-refractivity contribution < 1.29 is 0 Å². The SMILES string of the molecule is CCNCc1cccc(C(C)C)c1. The van der Waals surface area contributed by atoms with E-state index in [0.717, 1.165) is 13.1 Å². The summed E-state index contributed by atoms with van der Waals surface area (Å²) in [5.74, 6) is 0.626. The Bertz CT molecular complexity index is 253. The number of hydrogen-bond acceptors (Lipinski definition) is 1. The van der Waals surface area contributed by atoms with Crippen LogP contribution in [0.25, 0.3) is 0 Å². The van der Waals surface area contributed by atoms with Gasteiger partial charge in [0.1, 0.15) is 0 Å². The van der Waals surface area contributed by atoms with Gasteiger partial charge in [-0.2, -0.15) is 0 Å². The summed E-state index contributed by atoms with van der Waals surface area (Å²) in [6.07, 6.45) is 0. The van der Waals surface area contributed by atoms with Crippen LogP contribution < -0.4 is 5.32 Å². The maximum atomic E-state index is 3.33. The molecule has 0 fully saturated rings. The van der Waals surface area contributed by atoms with Crippen LogP contribution in [0.4, 0.5) is 0 Å². The first-order valence-corrected chi connectivity index (χ1v) is 5.03. The molecule has 1 rings (SSSR count). The lowest BCUT2D eigenvalue weighted by atomic mass is 10.0. The van der Waals surface area contributed by atoms with Gasteiger partial charge in [-0.15, -0.1) is 0 Å². The minimum absolute atomic E-state index is 0.626. The Morgan fingerprint density at radius 1 is 1.31 bits per heavy atom. The summed E-state index contributed by atoms with van der Waals surface area (Å²) >= 11 is 0. The van der Waals surface area contributed by atoms with Crippen molar-refractivity contribution in [3.05, 3.63) is 35.4 Å². The molecule has 1 nitrogen and oxygen atoms in total. The molecular formula is C12H19N. The minimum atomic E-state index is 0.626. The summed E-state index contributed by atoms with van der Waals surface area (Å²) in [5, 5.41) is 3.33. The van der Waals surface area contributed by atoms with E-state index in [1.54, 1.807) is 0 Å². The first-order valence-electron chi connectivity index (χ1n) is 5.03. The van der Waals surface area contributed by atoms with Crippen LogP contribution in [0.3, 0.4) is 0 Å². The molecule has 0 aliphatic heterocycles. The normalized spacial score (nSPS) is 10.8. The van der Waals surface area contributed by atoms with E-state index < -0.39 is 0 Å². The van der Waals surface area contributed by atoms with Gasteiger partial charge in [0, 0.05) is 6.54 Å². The third kappa shape index (κ3) is 3.19. The lowest BCUT2D eigenvalue weighted by Crippen LogP contribution is -2.11. The molecule has 0 aliphatic carbocycles. The third-order valence-corrected chi connectivity index (χ3v) is 2.20. The molecule has 1 aromatic carbocycles. The molecular weight excluding hydrogens is 158 g/mol. The summed E-state index contributed by atoms with van der Waals surface area (Å²) in [7, 11) is 0. The van der Waals surface area contributed by atoms with Crippen molar-refractivity contribution in [1.29, 1.82) is 0 Å². The van der Waals surface area contributed by atoms with Crippen LogP contribution in [-0.2, 0) is 6.54 Å². The van der Waals surface area contributed by atoms with E-state index in [-0.39, 0.29) is 0 Å². The van der Waals surface area contributed by atoms with Crippen molar-refractivity contribution in [1.82, 2.24) is 5.32 Å². The highest BCUT2D eigenvalue weighted by molar-refractivity contribution is 5.25. The molecule has 0 spiro atoms. The van der Waals surface area contributed by atoms with Crippen LogP contribution in [0.2, 0.25) is 0 Å². The van der Waals surface area contributed by atoms with Gasteiger partial charge in [-0.25, -0.2) is 0 Å². The van der Waals surface area contributed by atoms with E-state index in [2.05, 4.69) is 50.4 Å².